The van der Waals surface area contributed by atoms with Crippen molar-refractivity contribution in [3.63, 3.8) is 0 Å². The standard InChI is InChI=1S/C12H3F8NO/c13-6-5(7(14)9(16)10(17)8(6)15)4-3(12(18,19)20)1-2-21-11(4)22/h1-2H,(H,21,22). The van der Waals surface area contributed by atoms with E-state index in [0.29, 0.717) is 6.20 Å². The quantitative estimate of drug-likeness (QED) is 0.482. The van der Waals surface area contributed by atoms with Crippen molar-refractivity contribution in [2.75, 3.05) is 0 Å². The molecule has 22 heavy (non-hydrogen) atoms. The molecule has 0 radical (unpaired) electrons. The van der Waals surface area contributed by atoms with Crippen LogP contribution in [-0.4, -0.2) is 4.98 Å². The number of halogens is 8. The summed E-state index contributed by atoms with van der Waals surface area (Å²) >= 11 is 0. The van der Waals surface area contributed by atoms with Crippen LogP contribution in [0, 0.1) is 29.1 Å². The first kappa shape index (κ1) is 16.0. The largest absolute Gasteiger partial charge is 0.417 e. The number of hydrogen-bond acceptors (Lipinski definition) is 1. The minimum absolute atomic E-state index is 0.245. The van der Waals surface area contributed by atoms with E-state index < -0.39 is 57.5 Å². The first-order chi connectivity index (χ1) is 10.1. The Kier molecular flexibility index (Phi) is 3.71. The molecule has 0 aliphatic rings. The van der Waals surface area contributed by atoms with Gasteiger partial charge in [-0.3, -0.25) is 4.79 Å². The molecule has 2 rings (SSSR count). The highest BCUT2D eigenvalue weighted by Gasteiger charge is 2.38. The van der Waals surface area contributed by atoms with Crippen molar-refractivity contribution < 1.29 is 35.1 Å². The van der Waals surface area contributed by atoms with E-state index in [9.17, 15) is 39.9 Å². The van der Waals surface area contributed by atoms with Gasteiger partial charge >= 0.3 is 6.18 Å². The van der Waals surface area contributed by atoms with Crippen LogP contribution in [0.25, 0.3) is 11.1 Å². The van der Waals surface area contributed by atoms with Crippen molar-refractivity contribution in [1.82, 2.24) is 4.98 Å². The molecule has 0 unspecified atom stereocenters. The number of nitrogens with one attached hydrogen (secondary N) is 1. The van der Waals surface area contributed by atoms with Crippen LogP contribution in [0.3, 0.4) is 0 Å². The van der Waals surface area contributed by atoms with Gasteiger partial charge in [0.05, 0.1) is 16.7 Å². The Bertz CT molecular complexity index is 779. The Balaban J connectivity index is 3.00. The van der Waals surface area contributed by atoms with Crippen LogP contribution in [0.2, 0.25) is 0 Å². The fourth-order valence-electron chi connectivity index (χ4n) is 1.79. The number of hydrogen-bond donors (Lipinski definition) is 1. The molecular weight excluding hydrogens is 326 g/mol. The van der Waals surface area contributed by atoms with Gasteiger partial charge in [-0.15, -0.1) is 0 Å². The summed E-state index contributed by atoms with van der Waals surface area (Å²) < 4.78 is 105. The number of benzene rings is 1. The topological polar surface area (TPSA) is 32.9 Å². The number of aromatic nitrogens is 1. The minimum Gasteiger partial charge on any atom is -0.329 e. The molecule has 2 aromatic rings. The lowest BCUT2D eigenvalue weighted by Crippen LogP contribution is -2.19. The van der Waals surface area contributed by atoms with Crippen LogP contribution >= 0.6 is 0 Å². The molecule has 0 saturated carbocycles. The van der Waals surface area contributed by atoms with Crippen molar-refractivity contribution in [1.29, 1.82) is 0 Å². The van der Waals surface area contributed by atoms with Gasteiger partial charge in [0.15, 0.2) is 23.3 Å². The summed E-state index contributed by atoms with van der Waals surface area (Å²) in [7, 11) is 0. The summed E-state index contributed by atoms with van der Waals surface area (Å²) in [6, 6.07) is 0.245. The van der Waals surface area contributed by atoms with Crippen molar-refractivity contribution in [3.8, 4) is 11.1 Å². The normalized spacial score (nSPS) is 11.8. The summed E-state index contributed by atoms with van der Waals surface area (Å²) in [5.41, 5.74) is -7.12. The maximum Gasteiger partial charge on any atom is 0.417 e. The van der Waals surface area contributed by atoms with Crippen molar-refractivity contribution in [2.45, 2.75) is 6.18 Å². The van der Waals surface area contributed by atoms with E-state index in [1.165, 1.54) is 0 Å². The average Bonchev–Trinajstić information content (AvgIpc) is 2.43. The molecule has 1 aromatic heterocycles. The van der Waals surface area contributed by atoms with Gasteiger partial charge in [-0.25, -0.2) is 22.0 Å². The molecule has 0 bridgehead atoms. The van der Waals surface area contributed by atoms with Crippen molar-refractivity contribution in [3.05, 3.63) is 57.3 Å². The molecule has 118 valence electrons. The Morgan fingerprint density at radius 3 is 1.68 bits per heavy atom. The van der Waals surface area contributed by atoms with E-state index in [1.54, 1.807) is 4.98 Å². The van der Waals surface area contributed by atoms with E-state index >= 15 is 0 Å². The van der Waals surface area contributed by atoms with Gasteiger partial charge < -0.3 is 4.98 Å². The van der Waals surface area contributed by atoms with Crippen LogP contribution < -0.4 is 5.56 Å². The molecule has 0 spiro atoms. The zero-order valence-electron chi connectivity index (χ0n) is 10.1. The Morgan fingerprint density at radius 2 is 1.23 bits per heavy atom. The lowest BCUT2D eigenvalue weighted by Gasteiger charge is -2.13. The third-order valence-corrected chi connectivity index (χ3v) is 2.73. The van der Waals surface area contributed by atoms with Crippen LogP contribution in [0.4, 0.5) is 35.1 Å². The molecule has 1 heterocycles. The molecule has 1 aromatic carbocycles. The number of aromatic amines is 1. The summed E-state index contributed by atoms with van der Waals surface area (Å²) in [4.78, 5) is 13.2. The lowest BCUT2D eigenvalue weighted by atomic mass is 9.99. The van der Waals surface area contributed by atoms with E-state index in [2.05, 4.69) is 0 Å². The first-order valence-electron chi connectivity index (χ1n) is 5.38. The Hall–Kier alpha value is -2.39. The molecule has 0 atom stereocenters. The van der Waals surface area contributed by atoms with E-state index in [-0.39, 0.29) is 6.07 Å². The number of rotatable bonds is 1. The van der Waals surface area contributed by atoms with Crippen LogP contribution in [0.5, 0.6) is 0 Å². The molecule has 2 nitrogen and oxygen atoms in total. The molecule has 0 aliphatic carbocycles. The minimum atomic E-state index is -5.25. The molecule has 10 heteroatoms. The van der Waals surface area contributed by atoms with E-state index in [0.717, 1.165) is 0 Å². The van der Waals surface area contributed by atoms with Gasteiger partial charge in [-0.2, -0.15) is 13.2 Å². The molecule has 0 fully saturated rings. The lowest BCUT2D eigenvalue weighted by molar-refractivity contribution is -0.137. The van der Waals surface area contributed by atoms with Gasteiger partial charge in [0.2, 0.25) is 5.82 Å². The predicted molar refractivity (Wildman–Crippen MR) is 57.3 cm³/mol. The van der Waals surface area contributed by atoms with Crippen LogP contribution in [0.15, 0.2) is 17.1 Å². The number of H-pyrrole nitrogens is 1. The second-order valence-electron chi connectivity index (χ2n) is 4.04. The SMILES string of the molecule is O=c1[nH]ccc(C(F)(F)F)c1-c1c(F)c(F)c(F)c(F)c1F. The fourth-order valence-corrected chi connectivity index (χ4v) is 1.79. The van der Waals surface area contributed by atoms with Gasteiger partial charge in [0, 0.05) is 6.20 Å². The maximum absolute atomic E-state index is 13.6. The average molecular weight is 329 g/mol. The highest BCUT2D eigenvalue weighted by atomic mass is 19.4. The molecular formula is C12H3F8NO. The van der Waals surface area contributed by atoms with Gasteiger partial charge in [0.25, 0.3) is 5.56 Å². The third-order valence-electron chi connectivity index (χ3n) is 2.73. The summed E-state index contributed by atoms with van der Waals surface area (Å²) in [6.45, 7) is 0. The molecule has 0 aliphatic heterocycles. The van der Waals surface area contributed by atoms with Crippen molar-refractivity contribution in [2.24, 2.45) is 0 Å². The first-order valence-corrected chi connectivity index (χ1v) is 5.38. The second-order valence-corrected chi connectivity index (χ2v) is 4.04. The number of alkyl halides is 3. The molecule has 0 saturated heterocycles. The highest BCUT2D eigenvalue weighted by molar-refractivity contribution is 5.68. The molecule has 1 N–H and O–H groups in total. The number of pyridine rings is 1. The van der Waals surface area contributed by atoms with E-state index in [4.69, 9.17) is 0 Å². The molecule has 0 amide bonds. The third kappa shape index (κ3) is 2.34. The zero-order chi connectivity index (χ0) is 16.8. The summed E-state index contributed by atoms with van der Waals surface area (Å²) in [5, 5.41) is 0. The van der Waals surface area contributed by atoms with E-state index in [1.807, 2.05) is 0 Å². The Labute approximate surface area is 116 Å². The predicted octanol–water partition coefficient (Wildman–Crippen LogP) is 3.76. The maximum atomic E-state index is 13.6. The summed E-state index contributed by atoms with van der Waals surface area (Å²) in [5.74, 6) is -12.5. The monoisotopic (exact) mass is 329 g/mol. The smallest absolute Gasteiger partial charge is 0.329 e. The zero-order valence-corrected chi connectivity index (χ0v) is 10.1. The Morgan fingerprint density at radius 1 is 0.773 bits per heavy atom. The van der Waals surface area contributed by atoms with Gasteiger partial charge in [0.1, 0.15) is 0 Å². The highest BCUT2D eigenvalue weighted by Crippen LogP contribution is 2.38. The van der Waals surface area contributed by atoms with Gasteiger partial charge in [-0.05, 0) is 6.07 Å². The van der Waals surface area contributed by atoms with Crippen LogP contribution in [-0.2, 0) is 6.18 Å². The van der Waals surface area contributed by atoms with Crippen LogP contribution in [0.1, 0.15) is 5.56 Å². The fraction of sp³-hybridized carbons (Fsp3) is 0.0833. The second kappa shape index (κ2) is 5.11. The summed E-state index contributed by atoms with van der Waals surface area (Å²) in [6.07, 6.45) is -4.72. The van der Waals surface area contributed by atoms with Crippen molar-refractivity contribution >= 4 is 0 Å². The van der Waals surface area contributed by atoms with Gasteiger partial charge in [-0.1, -0.05) is 0 Å².